The minimum atomic E-state index is 0.635. The van der Waals surface area contributed by atoms with Crippen molar-refractivity contribution in [2.75, 3.05) is 0 Å². The largest absolute Gasteiger partial charge is 0.293 e. The normalized spacial score (nSPS) is 10.9. The van der Waals surface area contributed by atoms with E-state index in [2.05, 4.69) is 4.98 Å². The predicted octanol–water partition coefficient (Wildman–Crippen LogP) is 6.12. The molecule has 0 amide bonds. The van der Waals surface area contributed by atoms with Gasteiger partial charge in [0, 0.05) is 28.2 Å². The number of rotatable bonds is 4. The second kappa shape index (κ2) is 6.97. The molecule has 0 spiro atoms. The average Bonchev–Trinajstić information content (AvgIpc) is 2.97. The van der Waals surface area contributed by atoms with Gasteiger partial charge in [-0.05, 0) is 35.9 Å². The van der Waals surface area contributed by atoms with E-state index < -0.39 is 0 Å². The quantitative estimate of drug-likeness (QED) is 0.515. The Morgan fingerprint density at radius 2 is 1.68 bits per heavy atom. The first kappa shape index (κ1) is 15.8. The maximum atomic E-state index is 6.26. The van der Waals surface area contributed by atoms with Crippen molar-refractivity contribution in [1.29, 1.82) is 0 Å². The lowest BCUT2D eigenvalue weighted by Gasteiger charge is -2.10. The fraction of sp³-hybridized carbons (Fsp3) is 0.0625. The molecule has 0 aliphatic rings. The van der Waals surface area contributed by atoms with E-state index in [1.54, 1.807) is 30.1 Å². The lowest BCUT2D eigenvalue weighted by atomic mass is 10.2. The third-order valence-corrected chi connectivity index (χ3v) is 4.90. The molecule has 0 aliphatic heterocycles. The highest BCUT2D eigenvalue weighted by Crippen LogP contribution is 2.29. The topological polar surface area (TPSA) is 17.8 Å². The monoisotopic (exact) mass is 368 g/mol. The van der Waals surface area contributed by atoms with E-state index in [-0.39, 0.29) is 0 Å². The van der Waals surface area contributed by atoms with Crippen molar-refractivity contribution in [3.63, 3.8) is 0 Å². The number of benzene rings is 2. The molecule has 0 fully saturated rings. The highest BCUT2D eigenvalue weighted by Gasteiger charge is 2.10. The van der Waals surface area contributed by atoms with Gasteiger partial charge in [0.1, 0.15) is 0 Å². The van der Waals surface area contributed by atoms with Crippen LogP contribution in [0.25, 0.3) is 5.69 Å². The summed E-state index contributed by atoms with van der Waals surface area (Å²) < 4.78 is 1.94. The number of thioether (sulfide) groups is 1. The van der Waals surface area contributed by atoms with Crippen LogP contribution in [0, 0.1) is 0 Å². The van der Waals surface area contributed by atoms with Crippen LogP contribution in [0.1, 0.15) is 5.56 Å². The molecule has 6 heteroatoms. The van der Waals surface area contributed by atoms with Gasteiger partial charge in [-0.15, -0.1) is 0 Å². The minimum Gasteiger partial charge on any atom is -0.293 e. The molecule has 2 aromatic carbocycles. The van der Waals surface area contributed by atoms with E-state index in [0.717, 1.165) is 21.6 Å². The van der Waals surface area contributed by atoms with Crippen LogP contribution in [-0.2, 0) is 5.75 Å². The van der Waals surface area contributed by atoms with Gasteiger partial charge < -0.3 is 0 Å². The summed E-state index contributed by atoms with van der Waals surface area (Å²) in [6, 6.07) is 13.2. The van der Waals surface area contributed by atoms with E-state index in [4.69, 9.17) is 34.8 Å². The average molecular weight is 370 g/mol. The third-order valence-electron chi connectivity index (χ3n) is 3.06. The summed E-state index contributed by atoms with van der Waals surface area (Å²) in [6.45, 7) is 0. The summed E-state index contributed by atoms with van der Waals surface area (Å²) in [5, 5.41) is 2.87. The number of imidazole rings is 1. The Balaban J connectivity index is 1.83. The molecule has 112 valence electrons. The number of hydrogen-bond acceptors (Lipinski definition) is 2. The zero-order chi connectivity index (χ0) is 15.5. The Hall–Kier alpha value is -1.13. The Morgan fingerprint density at radius 3 is 2.45 bits per heavy atom. The minimum absolute atomic E-state index is 0.635. The van der Waals surface area contributed by atoms with Crippen LogP contribution in [0.3, 0.4) is 0 Å². The van der Waals surface area contributed by atoms with Gasteiger partial charge in [-0.25, -0.2) is 4.98 Å². The second-order valence-electron chi connectivity index (χ2n) is 4.59. The first-order valence-electron chi connectivity index (χ1n) is 6.49. The van der Waals surface area contributed by atoms with Gasteiger partial charge >= 0.3 is 0 Å². The van der Waals surface area contributed by atoms with Crippen molar-refractivity contribution in [3.05, 3.63) is 75.5 Å². The predicted molar refractivity (Wildman–Crippen MR) is 94.6 cm³/mol. The molecule has 3 rings (SSSR count). The molecular formula is C16H11Cl3N2S. The molecule has 0 saturated heterocycles. The van der Waals surface area contributed by atoms with Gasteiger partial charge in [-0.1, -0.05) is 58.7 Å². The van der Waals surface area contributed by atoms with Gasteiger partial charge in [-0.3, -0.25) is 4.57 Å². The lowest BCUT2D eigenvalue weighted by Crippen LogP contribution is -1.96. The number of nitrogens with zero attached hydrogens (tertiary/aromatic N) is 2. The Labute approximate surface area is 148 Å². The molecule has 0 saturated carbocycles. The van der Waals surface area contributed by atoms with Gasteiger partial charge in [0.25, 0.3) is 0 Å². The van der Waals surface area contributed by atoms with E-state index in [1.165, 1.54) is 5.56 Å². The molecule has 2 nitrogen and oxygen atoms in total. The molecule has 0 aliphatic carbocycles. The molecule has 22 heavy (non-hydrogen) atoms. The molecule has 1 heterocycles. The summed E-state index contributed by atoms with van der Waals surface area (Å²) in [4.78, 5) is 4.39. The van der Waals surface area contributed by atoms with Crippen molar-refractivity contribution < 1.29 is 0 Å². The highest BCUT2D eigenvalue weighted by atomic mass is 35.5. The van der Waals surface area contributed by atoms with Crippen LogP contribution in [0.2, 0.25) is 15.1 Å². The van der Waals surface area contributed by atoms with E-state index in [1.807, 2.05) is 41.1 Å². The van der Waals surface area contributed by atoms with Gasteiger partial charge in [-0.2, -0.15) is 0 Å². The van der Waals surface area contributed by atoms with Crippen LogP contribution in [0.4, 0.5) is 0 Å². The SMILES string of the molecule is Clc1ccc(CSc2nccn2-c2cc(Cl)ccc2Cl)cc1. The summed E-state index contributed by atoms with van der Waals surface area (Å²) in [6.07, 6.45) is 3.63. The summed E-state index contributed by atoms with van der Waals surface area (Å²) >= 11 is 19.9. The zero-order valence-corrected chi connectivity index (χ0v) is 14.4. The van der Waals surface area contributed by atoms with Crippen molar-refractivity contribution >= 4 is 46.6 Å². The van der Waals surface area contributed by atoms with E-state index in [0.29, 0.717) is 10.0 Å². The fourth-order valence-electron chi connectivity index (χ4n) is 1.98. The van der Waals surface area contributed by atoms with Crippen molar-refractivity contribution in [2.45, 2.75) is 10.9 Å². The third kappa shape index (κ3) is 3.61. The van der Waals surface area contributed by atoms with E-state index in [9.17, 15) is 0 Å². The van der Waals surface area contributed by atoms with Crippen molar-refractivity contribution in [2.24, 2.45) is 0 Å². The summed E-state index contributed by atoms with van der Waals surface area (Å²) in [7, 11) is 0. The maximum Gasteiger partial charge on any atom is 0.172 e. The number of halogens is 3. The molecule has 0 unspecified atom stereocenters. The van der Waals surface area contributed by atoms with Crippen LogP contribution in [0.5, 0.6) is 0 Å². The smallest absolute Gasteiger partial charge is 0.172 e. The first-order chi connectivity index (χ1) is 10.6. The van der Waals surface area contributed by atoms with Crippen molar-refractivity contribution in [1.82, 2.24) is 9.55 Å². The first-order valence-corrected chi connectivity index (χ1v) is 8.61. The zero-order valence-electron chi connectivity index (χ0n) is 11.3. The molecule has 0 bridgehead atoms. The van der Waals surface area contributed by atoms with Crippen LogP contribution in [-0.4, -0.2) is 9.55 Å². The molecular weight excluding hydrogens is 359 g/mol. The fourth-order valence-corrected chi connectivity index (χ4v) is 3.40. The lowest BCUT2D eigenvalue weighted by molar-refractivity contribution is 0.895. The molecule has 3 aromatic rings. The maximum absolute atomic E-state index is 6.26. The van der Waals surface area contributed by atoms with Crippen molar-refractivity contribution in [3.8, 4) is 5.69 Å². The van der Waals surface area contributed by atoms with Crippen LogP contribution < -0.4 is 0 Å². The second-order valence-corrected chi connectivity index (χ2v) is 6.81. The summed E-state index contributed by atoms with van der Waals surface area (Å²) in [5.74, 6) is 0.798. The van der Waals surface area contributed by atoms with Crippen LogP contribution >= 0.6 is 46.6 Å². The van der Waals surface area contributed by atoms with Gasteiger partial charge in [0.2, 0.25) is 0 Å². The molecule has 0 radical (unpaired) electrons. The Morgan fingerprint density at radius 1 is 0.955 bits per heavy atom. The molecule has 1 aromatic heterocycles. The van der Waals surface area contributed by atoms with Crippen LogP contribution in [0.15, 0.2) is 60.0 Å². The summed E-state index contributed by atoms with van der Waals surface area (Å²) in [5.41, 5.74) is 2.01. The van der Waals surface area contributed by atoms with Gasteiger partial charge in [0.05, 0.1) is 10.7 Å². The standard InChI is InChI=1S/C16H11Cl3N2S/c17-12-3-1-11(2-4-12)10-22-16-20-7-8-21(16)15-9-13(18)5-6-14(15)19/h1-9H,10H2. The molecule has 0 atom stereocenters. The van der Waals surface area contributed by atoms with E-state index >= 15 is 0 Å². The highest BCUT2D eigenvalue weighted by molar-refractivity contribution is 7.98. The Kier molecular flexibility index (Phi) is 4.99. The van der Waals surface area contributed by atoms with Gasteiger partial charge in [0.15, 0.2) is 5.16 Å². The number of hydrogen-bond donors (Lipinski definition) is 0. The Bertz CT molecular complexity index is 784. The molecule has 0 N–H and O–H groups in total. The number of aromatic nitrogens is 2.